The van der Waals surface area contributed by atoms with E-state index in [1.165, 1.54) is 6.33 Å². The molecule has 2 aromatic heterocycles. The van der Waals surface area contributed by atoms with Crippen molar-refractivity contribution in [3.63, 3.8) is 0 Å². The predicted octanol–water partition coefficient (Wildman–Crippen LogP) is 1.84. The van der Waals surface area contributed by atoms with Crippen molar-refractivity contribution in [2.75, 3.05) is 11.1 Å². The van der Waals surface area contributed by atoms with Crippen LogP contribution in [-0.2, 0) is 0 Å². The fraction of sp³-hybridized carbons (Fsp3) is 0. The Balaban J connectivity index is 1.88. The van der Waals surface area contributed by atoms with Gasteiger partial charge >= 0.3 is 0 Å². The summed E-state index contributed by atoms with van der Waals surface area (Å²) in [6, 6.07) is 6.50. The quantitative estimate of drug-likeness (QED) is 0.492. The molecule has 0 bridgehead atoms. The highest BCUT2D eigenvalue weighted by molar-refractivity contribution is 6.33. The number of nitrogen functional groups attached to an aromatic ring is 1. The van der Waals surface area contributed by atoms with Crippen molar-refractivity contribution in [1.29, 1.82) is 0 Å². The molecule has 0 aliphatic heterocycles. The van der Waals surface area contributed by atoms with Gasteiger partial charge in [-0.3, -0.25) is 10.1 Å². The number of benzene rings is 1. The third-order valence-corrected chi connectivity index (χ3v) is 2.91. The minimum atomic E-state index is -0.351. The topological polar surface area (TPSA) is 110 Å². The van der Waals surface area contributed by atoms with Crippen molar-refractivity contribution < 1.29 is 4.79 Å². The Bertz CT molecular complexity index is 782. The Kier molecular flexibility index (Phi) is 2.96. The summed E-state index contributed by atoms with van der Waals surface area (Å²) in [6.45, 7) is 0. The molecule has 0 saturated heterocycles. The van der Waals surface area contributed by atoms with Crippen molar-refractivity contribution in [2.45, 2.75) is 0 Å². The molecule has 3 aromatic rings. The second kappa shape index (κ2) is 4.78. The molecule has 0 aliphatic rings. The molecule has 0 fully saturated rings. The molecule has 7 nitrogen and oxygen atoms in total. The van der Waals surface area contributed by atoms with Gasteiger partial charge in [0.15, 0.2) is 10.8 Å². The number of amides is 1. The van der Waals surface area contributed by atoms with Gasteiger partial charge in [-0.15, -0.1) is 0 Å². The molecule has 0 saturated carbocycles. The summed E-state index contributed by atoms with van der Waals surface area (Å²) in [6.07, 6.45) is 1.46. The number of nitrogens with one attached hydrogen (secondary N) is 2. The number of rotatable bonds is 2. The largest absolute Gasteiger partial charge is 0.399 e. The van der Waals surface area contributed by atoms with E-state index in [0.717, 1.165) is 0 Å². The van der Waals surface area contributed by atoms with Crippen LogP contribution in [0.5, 0.6) is 0 Å². The highest BCUT2D eigenvalue weighted by Crippen LogP contribution is 2.18. The number of nitrogens with two attached hydrogens (primary N) is 1. The van der Waals surface area contributed by atoms with Gasteiger partial charge in [-0.1, -0.05) is 11.6 Å². The molecule has 100 valence electrons. The molecule has 1 amide bonds. The lowest BCUT2D eigenvalue weighted by Gasteiger charge is -2.04. The molecule has 0 spiro atoms. The Labute approximate surface area is 118 Å². The molecule has 8 heteroatoms. The normalized spacial score (nSPS) is 10.7. The van der Waals surface area contributed by atoms with Crippen LogP contribution in [0.4, 0.5) is 11.6 Å². The molecule has 0 aliphatic carbocycles. The molecule has 0 unspecified atom stereocenters. The third kappa shape index (κ3) is 2.26. The smallest absolute Gasteiger partial charge is 0.258 e. The Morgan fingerprint density at radius 2 is 2.00 bits per heavy atom. The van der Waals surface area contributed by atoms with E-state index in [1.807, 2.05) is 0 Å². The second-order valence-corrected chi connectivity index (χ2v) is 4.37. The molecular formula is C12H9ClN6O. The van der Waals surface area contributed by atoms with Crippen LogP contribution in [0.25, 0.3) is 11.2 Å². The number of H-pyrrole nitrogens is 1. The molecule has 0 atom stereocenters. The molecule has 2 heterocycles. The van der Waals surface area contributed by atoms with E-state index in [1.54, 1.807) is 24.3 Å². The van der Waals surface area contributed by atoms with Gasteiger partial charge < -0.3 is 10.7 Å². The Morgan fingerprint density at radius 1 is 1.25 bits per heavy atom. The molecule has 3 rings (SSSR count). The number of imidazole rings is 1. The predicted molar refractivity (Wildman–Crippen MR) is 75.5 cm³/mol. The van der Waals surface area contributed by atoms with Crippen LogP contribution in [0.1, 0.15) is 10.4 Å². The van der Waals surface area contributed by atoms with Crippen molar-refractivity contribution in [3.8, 4) is 0 Å². The van der Waals surface area contributed by atoms with Gasteiger partial charge in [0.05, 0.1) is 6.33 Å². The molecule has 0 radical (unpaired) electrons. The summed E-state index contributed by atoms with van der Waals surface area (Å²) in [5.74, 6) is -0.257. The minimum absolute atomic E-state index is 0.0939. The Hall–Kier alpha value is -2.67. The summed E-state index contributed by atoms with van der Waals surface area (Å²) in [7, 11) is 0. The van der Waals surface area contributed by atoms with E-state index in [4.69, 9.17) is 17.3 Å². The summed E-state index contributed by atoms with van der Waals surface area (Å²) < 4.78 is 0. The van der Waals surface area contributed by atoms with Crippen molar-refractivity contribution in [2.24, 2.45) is 0 Å². The van der Waals surface area contributed by atoms with Crippen LogP contribution in [0.2, 0.25) is 5.15 Å². The standard InChI is InChI=1S/C12H9ClN6O/c13-9-8-10(16-5-15-8)18-12(17-9)19-11(20)6-1-3-7(14)4-2-6/h1-5H,14H2,(H2,15,16,17,18,19,20). The zero-order chi connectivity index (χ0) is 14.1. The lowest BCUT2D eigenvalue weighted by Crippen LogP contribution is -2.14. The monoisotopic (exact) mass is 288 g/mol. The maximum atomic E-state index is 12.0. The van der Waals surface area contributed by atoms with E-state index in [9.17, 15) is 4.79 Å². The number of anilines is 2. The SMILES string of the molecule is Nc1ccc(C(=O)Nc2nc(Cl)c3[nH]cnc3n2)cc1. The second-order valence-electron chi connectivity index (χ2n) is 4.02. The van der Waals surface area contributed by atoms with E-state index in [2.05, 4.69) is 25.3 Å². The van der Waals surface area contributed by atoms with Crippen LogP contribution in [-0.4, -0.2) is 25.8 Å². The van der Waals surface area contributed by atoms with Crippen LogP contribution < -0.4 is 11.1 Å². The van der Waals surface area contributed by atoms with Gasteiger partial charge in [-0.05, 0) is 24.3 Å². The zero-order valence-corrected chi connectivity index (χ0v) is 10.8. The minimum Gasteiger partial charge on any atom is -0.399 e. The van der Waals surface area contributed by atoms with Crippen LogP contribution in [0, 0.1) is 0 Å². The number of hydrogen-bond donors (Lipinski definition) is 3. The lowest BCUT2D eigenvalue weighted by atomic mass is 10.2. The first-order chi connectivity index (χ1) is 9.63. The molecule has 1 aromatic carbocycles. The molecule has 4 N–H and O–H groups in total. The maximum Gasteiger partial charge on any atom is 0.258 e. The molecule has 20 heavy (non-hydrogen) atoms. The van der Waals surface area contributed by atoms with Crippen LogP contribution in [0.15, 0.2) is 30.6 Å². The van der Waals surface area contributed by atoms with E-state index >= 15 is 0 Å². The van der Waals surface area contributed by atoms with Crippen molar-refractivity contribution >= 4 is 40.3 Å². The fourth-order valence-corrected chi connectivity index (χ4v) is 1.88. The number of halogens is 1. The van der Waals surface area contributed by atoms with E-state index in [-0.39, 0.29) is 17.0 Å². The first kappa shape index (κ1) is 12.4. The average molecular weight is 289 g/mol. The first-order valence-electron chi connectivity index (χ1n) is 5.67. The number of carbonyl (C=O) groups is 1. The van der Waals surface area contributed by atoms with Crippen molar-refractivity contribution in [3.05, 3.63) is 41.3 Å². The van der Waals surface area contributed by atoms with Gasteiger partial charge in [0, 0.05) is 11.3 Å². The number of aromatic amines is 1. The van der Waals surface area contributed by atoms with Gasteiger partial charge in [-0.2, -0.15) is 9.97 Å². The number of fused-ring (bicyclic) bond motifs is 1. The maximum absolute atomic E-state index is 12.0. The van der Waals surface area contributed by atoms with Crippen molar-refractivity contribution in [1.82, 2.24) is 19.9 Å². The highest BCUT2D eigenvalue weighted by Gasteiger charge is 2.11. The van der Waals surface area contributed by atoms with Crippen LogP contribution >= 0.6 is 11.6 Å². The van der Waals surface area contributed by atoms with Gasteiger partial charge in [0.2, 0.25) is 5.95 Å². The average Bonchev–Trinajstić information content (AvgIpc) is 2.88. The summed E-state index contributed by atoms with van der Waals surface area (Å²) in [4.78, 5) is 26.9. The third-order valence-electron chi connectivity index (χ3n) is 2.64. The van der Waals surface area contributed by atoms with E-state index < -0.39 is 0 Å². The summed E-state index contributed by atoms with van der Waals surface area (Å²) in [5.41, 5.74) is 7.50. The fourth-order valence-electron chi connectivity index (χ4n) is 1.66. The van der Waals surface area contributed by atoms with E-state index in [0.29, 0.717) is 22.4 Å². The lowest BCUT2D eigenvalue weighted by molar-refractivity contribution is 0.102. The number of nitrogens with zero attached hydrogens (tertiary/aromatic N) is 3. The molecular weight excluding hydrogens is 280 g/mol. The van der Waals surface area contributed by atoms with Gasteiger partial charge in [0.25, 0.3) is 5.91 Å². The summed E-state index contributed by atoms with van der Waals surface area (Å²) in [5, 5.41) is 2.75. The highest BCUT2D eigenvalue weighted by atomic mass is 35.5. The summed E-state index contributed by atoms with van der Waals surface area (Å²) >= 11 is 5.96. The number of hydrogen-bond acceptors (Lipinski definition) is 5. The van der Waals surface area contributed by atoms with Gasteiger partial charge in [0.1, 0.15) is 5.52 Å². The zero-order valence-electron chi connectivity index (χ0n) is 10.1. The first-order valence-corrected chi connectivity index (χ1v) is 6.05. The number of carbonyl (C=O) groups excluding carboxylic acids is 1. The number of aromatic nitrogens is 4. The Morgan fingerprint density at radius 3 is 2.75 bits per heavy atom. The van der Waals surface area contributed by atoms with Crippen LogP contribution in [0.3, 0.4) is 0 Å². The van der Waals surface area contributed by atoms with Gasteiger partial charge in [-0.25, -0.2) is 4.98 Å².